The largest absolute Gasteiger partial charge is 0.328 e. The van der Waals surface area contributed by atoms with Crippen molar-refractivity contribution in [1.29, 1.82) is 0 Å². The lowest BCUT2D eigenvalue weighted by atomic mass is 10.4. The van der Waals surface area contributed by atoms with Crippen molar-refractivity contribution in [3.05, 3.63) is 0 Å². The molecule has 0 rings (SSSR count). The Morgan fingerprint density at radius 3 is 2.33 bits per heavy atom. The summed E-state index contributed by atoms with van der Waals surface area (Å²) in [6.07, 6.45) is 1.91. The van der Waals surface area contributed by atoms with Gasteiger partial charge in [0.15, 0.2) is 0 Å². The van der Waals surface area contributed by atoms with Crippen molar-refractivity contribution < 1.29 is 14.3 Å². The zero-order valence-electron chi connectivity index (χ0n) is 4.87. The van der Waals surface area contributed by atoms with Crippen molar-refractivity contribution in [2.75, 3.05) is 6.61 Å². The lowest BCUT2D eigenvalue weighted by Crippen LogP contribution is -1.86. The normalized spacial score (nSPS) is 9.33. The Morgan fingerprint density at radius 2 is 2.00 bits per heavy atom. The van der Waals surface area contributed by atoms with Gasteiger partial charge in [-0.25, -0.2) is 0 Å². The molecule has 0 amide bonds. The Morgan fingerprint density at radius 1 is 1.44 bits per heavy atom. The highest BCUT2D eigenvalue weighted by Gasteiger charge is 1.95. The van der Waals surface area contributed by atoms with Crippen molar-refractivity contribution in [2.24, 2.45) is 0 Å². The molecule has 0 spiro atoms. The van der Waals surface area contributed by atoms with Crippen molar-refractivity contribution in [3.8, 4) is 0 Å². The standard InChI is InChI=1S/C4H11O3P.BH3/c1-2-3-4-7-8(5)6;/h5-6H,2-4H2,1H3;1H3. The molecule has 0 fully saturated rings. The Labute approximate surface area is 58.6 Å². The van der Waals surface area contributed by atoms with Gasteiger partial charge in [0.25, 0.3) is 0 Å². The molecule has 0 aliphatic carbocycles. The monoisotopic (exact) mass is 152 g/mol. The molecule has 0 saturated heterocycles. The van der Waals surface area contributed by atoms with Crippen molar-refractivity contribution in [1.82, 2.24) is 0 Å². The fraction of sp³-hybridized carbons (Fsp3) is 1.00. The first kappa shape index (κ1) is 12.1. The van der Waals surface area contributed by atoms with Gasteiger partial charge >= 0.3 is 8.60 Å². The van der Waals surface area contributed by atoms with Crippen LogP contribution >= 0.6 is 8.60 Å². The average molecular weight is 152 g/mol. The highest BCUT2D eigenvalue weighted by molar-refractivity contribution is 7.39. The number of rotatable bonds is 4. The average Bonchev–Trinajstić information content (AvgIpc) is 1.66. The highest BCUT2D eigenvalue weighted by Crippen LogP contribution is 2.23. The zero-order valence-corrected chi connectivity index (χ0v) is 5.77. The molecular weight excluding hydrogens is 138 g/mol. The summed E-state index contributed by atoms with van der Waals surface area (Å²) in [5, 5.41) is 0. The SMILES string of the molecule is B.CCCCOP(O)O. The van der Waals surface area contributed by atoms with Gasteiger partial charge in [-0.2, -0.15) is 0 Å². The van der Waals surface area contributed by atoms with E-state index in [-0.39, 0.29) is 8.41 Å². The molecule has 9 heavy (non-hydrogen) atoms. The molecule has 0 heterocycles. The summed E-state index contributed by atoms with van der Waals surface area (Å²) in [6.45, 7) is 2.47. The van der Waals surface area contributed by atoms with E-state index in [1.807, 2.05) is 6.92 Å². The number of hydrogen-bond donors (Lipinski definition) is 2. The second kappa shape index (κ2) is 8.37. The summed E-state index contributed by atoms with van der Waals surface area (Å²) in [7, 11) is -2.11. The van der Waals surface area contributed by atoms with Crippen molar-refractivity contribution >= 4 is 17.0 Å². The molecule has 0 aromatic carbocycles. The van der Waals surface area contributed by atoms with Gasteiger partial charge in [-0.15, -0.1) is 0 Å². The van der Waals surface area contributed by atoms with Crippen molar-refractivity contribution in [2.45, 2.75) is 19.8 Å². The molecule has 0 unspecified atom stereocenters. The van der Waals surface area contributed by atoms with E-state index in [1.165, 1.54) is 0 Å². The first-order chi connectivity index (χ1) is 3.77. The second-order valence-corrected chi connectivity index (χ2v) is 2.20. The van der Waals surface area contributed by atoms with E-state index in [0.29, 0.717) is 6.61 Å². The van der Waals surface area contributed by atoms with Gasteiger partial charge in [-0.05, 0) is 6.42 Å². The van der Waals surface area contributed by atoms with E-state index in [4.69, 9.17) is 9.79 Å². The highest BCUT2D eigenvalue weighted by atomic mass is 31.2. The maximum atomic E-state index is 8.18. The van der Waals surface area contributed by atoms with E-state index in [9.17, 15) is 0 Å². The summed E-state index contributed by atoms with van der Waals surface area (Å²) in [6, 6.07) is 0. The Kier molecular flexibility index (Phi) is 11.3. The van der Waals surface area contributed by atoms with Crippen LogP contribution in [0, 0.1) is 0 Å². The third-order valence-electron chi connectivity index (χ3n) is 0.705. The van der Waals surface area contributed by atoms with Crippen LogP contribution in [-0.4, -0.2) is 24.8 Å². The molecule has 0 aliphatic rings. The van der Waals surface area contributed by atoms with Crippen LogP contribution in [0.25, 0.3) is 0 Å². The molecule has 0 atom stereocenters. The van der Waals surface area contributed by atoms with Crippen molar-refractivity contribution in [3.63, 3.8) is 0 Å². The van der Waals surface area contributed by atoms with Crippen LogP contribution in [0.4, 0.5) is 0 Å². The maximum Gasteiger partial charge on any atom is 0.327 e. The molecule has 0 saturated carbocycles. The lowest BCUT2D eigenvalue weighted by molar-refractivity contribution is 0.251. The topological polar surface area (TPSA) is 49.7 Å². The van der Waals surface area contributed by atoms with E-state index in [2.05, 4.69) is 4.52 Å². The predicted molar refractivity (Wildman–Crippen MR) is 42.2 cm³/mol. The molecule has 0 bridgehead atoms. The summed E-state index contributed by atoms with van der Waals surface area (Å²) in [4.78, 5) is 16.4. The van der Waals surface area contributed by atoms with Gasteiger partial charge in [0.1, 0.15) is 0 Å². The zero-order chi connectivity index (χ0) is 6.41. The van der Waals surface area contributed by atoms with Crippen LogP contribution < -0.4 is 0 Å². The van der Waals surface area contributed by atoms with Gasteiger partial charge in [-0.1, -0.05) is 13.3 Å². The Balaban J connectivity index is 0. The molecule has 2 N–H and O–H groups in total. The van der Waals surface area contributed by atoms with Gasteiger partial charge in [0.2, 0.25) is 0 Å². The van der Waals surface area contributed by atoms with E-state index in [0.717, 1.165) is 12.8 Å². The van der Waals surface area contributed by atoms with Gasteiger partial charge < -0.3 is 14.3 Å². The van der Waals surface area contributed by atoms with Gasteiger partial charge in [0.05, 0.1) is 15.0 Å². The smallest absolute Gasteiger partial charge is 0.327 e. The molecule has 0 aliphatic heterocycles. The molecule has 3 nitrogen and oxygen atoms in total. The lowest BCUT2D eigenvalue weighted by Gasteiger charge is -1.99. The summed E-state index contributed by atoms with van der Waals surface area (Å²) in [5.74, 6) is 0. The predicted octanol–water partition coefficient (Wildman–Crippen LogP) is -0.169. The maximum absolute atomic E-state index is 8.18. The number of hydrogen-bond acceptors (Lipinski definition) is 3. The molecule has 0 aromatic heterocycles. The minimum absolute atomic E-state index is 0. The van der Waals surface area contributed by atoms with Crippen LogP contribution in [0.1, 0.15) is 19.8 Å². The number of unbranched alkanes of at least 4 members (excludes halogenated alkanes) is 1. The molecule has 56 valence electrons. The minimum Gasteiger partial charge on any atom is -0.328 e. The van der Waals surface area contributed by atoms with Crippen LogP contribution in [0.3, 0.4) is 0 Å². The first-order valence-corrected chi connectivity index (χ1v) is 3.74. The molecule has 0 aromatic rings. The minimum atomic E-state index is -2.11. The third-order valence-corrected chi connectivity index (χ3v) is 1.12. The fourth-order valence-electron chi connectivity index (χ4n) is 0.291. The van der Waals surface area contributed by atoms with E-state index in [1.54, 1.807) is 0 Å². The van der Waals surface area contributed by atoms with Gasteiger partial charge in [0, 0.05) is 0 Å². The van der Waals surface area contributed by atoms with E-state index < -0.39 is 8.60 Å². The summed E-state index contributed by atoms with van der Waals surface area (Å²) >= 11 is 0. The Bertz CT molecular complexity index is 53.1. The van der Waals surface area contributed by atoms with Crippen LogP contribution in [0.5, 0.6) is 0 Å². The fourth-order valence-corrected chi connectivity index (χ4v) is 0.583. The van der Waals surface area contributed by atoms with E-state index >= 15 is 0 Å². The van der Waals surface area contributed by atoms with Gasteiger partial charge in [-0.3, -0.25) is 0 Å². The first-order valence-electron chi connectivity index (χ1n) is 2.58. The van der Waals surface area contributed by atoms with Crippen LogP contribution in [0.15, 0.2) is 0 Å². The summed E-state index contributed by atoms with van der Waals surface area (Å²) in [5.41, 5.74) is 0. The molecule has 5 heteroatoms. The van der Waals surface area contributed by atoms with Crippen LogP contribution in [-0.2, 0) is 4.52 Å². The second-order valence-electron chi connectivity index (χ2n) is 1.44. The summed E-state index contributed by atoms with van der Waals surface area (Å²) < 4.78 is 4.46. The quantitative estimate of drug-likeness (QED) is 0.334. The molecule has 0 radical (unpaired) electrons. The third kappa shape index (κ3) is 11.8. The Hall–Kier alpha value is 0.375. The van der Waals surface area contributed by atoms with Crippen LogP contribution in [0.2, 0.25) is 0 Å². The molecular formula is C4H14BO3P.